The lowest BCUT2D eigenvalue weighted by Gasteiger charge is -2.26. The van der Waals surface area contributed by atoms with E-state index in [0.717, 1.165) is 0 Å². The van der Waals surface area contributed by atoms with Crippen LogP contribution in [0.4, 0.5) is 4.79 Å². The van der Waals surface area contributed by atoms with Gasteiger partial charge in [-0.2, -0.15) is 0 Å². The van der Waals surface area contributed by atoms with Crippen LogP contribution < -0.4 is 5.32 Å². The second-order valence-corrected chi connectivity index (χ2v) is 4.12. The lowest BCUT2D eigenvalue weighted by molar-refractivity contribution is -0.147. The summed E-state index contributed by atoms with van der Waals surface area (Å²) in [7, 11) is 0. The van der Waals surface area contributed by atoms with Crippen molar-refractivity contribution in [1.82, 2.24) is 10.2 Å². The molecule has 1 rings (SSSR count). The number of nitrogens with one attached hydrogen (secondary N) is 1. The van der Waals surface area contributed by atoms with Crippen molar-refractivity contribution < 1.29 is 19.1 Å². The van der Waals surface area contributed by atoms with Crippen LogP contribution in [0.15, 0.2) is 0 Å². The minimum Gasteiger partial charge on any atom is -0.463 e. The zero-order valence-electron chi connectivity index (χ0n) is 10.4. The van der Waals surface area contributed by atoms with Gasteiger partial charge in [0.2, 0.25) is 0 Å². The van der Waals surface area contributed by atoms with Gasteiger partial charge in [0.15, 0.2) is 0 Å². The van der Waals surface area contributed by atoms with Gasteiger partial charge in [0.25, 0.3) is 0 Å². The van der Waals surface area contributed by atoms with Gasteiger partial charge >= 0.3 is 12.0 Å². The number of esters is 1. The average molecular weight is 244 g/mol. The molecule has 0 saturated carbocycles. The molecule has 0 radical (unpaired) electrons. The summed E-state index contributed by atoms with van der Waals surface area (Å²) in [5, 5.41) is 2.69. The summed E-state index contributed by atoms with van der Waals surface area (Å²) in [6.07, 6.45) is 0.0892. The molecule has 1 heterocycles. The first-order valence-electron chi connectivity index (χ1n) is 5.89. The molecule has 1 saturated heterocycles. The normalized spacial score (nSPS) is 15.8. The molecule has 0 unspecified atom stereocenters. The number of carbonyl (C=O) groups excluding carboxylic acids is 2. The van der Waals surface area contributed by atoms with Crippen LogP contribution in [0.25, 0.3) is 0 Å². The molecule has 2 amide bonds. The van der Waals surface area contributed by atoms with Crippen molar-refractivity contribution in [3.05, 3.63) is 0 Å². The fourth-order valence-electron chi connectivity index (χ4n) is 1.47. The highest BCUT2D eigenvalue weighted by Crippen LogP contribution is 1.97. The van der Waals surface area contributed by atoms with Crippen LogP contribution >= 0.6 is 0 Å². The van der Waals surface area contributed by atoms with Crippen molar-refractivity contribution in [3.63, 3.8) is 0 Å². The molecular formula is C11H20N2O4. The minimum absolute atomic E-state index is 0.113. The van der Waals surface area contributed by atoms with E-state index in [9.17, 15) is 9.59 Å². The number of amides is 2. The summed E-state index contributed by atoms with van der Waals surface area (Å²) in [5.41, 5.74) is 0. The molecule has 0 atom stereocenters. The van der Waals surface area contributed by atoms with Gasteiger partial charge in [-0.25, -0.2) is 4.79 Å². The van der Waals surface area contributed by atoms with Crippen LogP contribution in [0.1, 0.15) is 20.3 Å². The number of morpholine rings is 1. The van der Waals surface area contributed by atoms with Gasteiger partial charge in [-0.1, -0.05) is 0 Å². The zero-order valence-corrected chi connectivity index (χ0v) is 10.4. The first kappa shape index (κ1) is 13.8. The SMILES string of the molecule is CC(C)OC(=O)CCNC(=O)N1CCOCC1. The quantitative estimate of drug-likeness (QED) is 0.725. The predicted molar refractivity (Wildman–Crippen MR) is 61.6 cm³/mol. The van der Waals surface area contributed by atoms with Gasteiger partial charge in [-0.3, -0.25) is 4.79 Å². The van der Waals surface area contributed by atoms with E-state index >= 15 is 0 Å². The topological polar surface area (TPSA) is 67.9 Å². The lowest BCUT2D eigenvalue weighted by Crippen LogP contribution is -2.46. The van der Waals surface area contributed by atoms with Gasteiger partial charge in [-0.05, 0) is 13.8 Å². The number of ether oxygens (including phenoxy) is 2. The van der Waals surface area contributed by atoms with Gasteiger partial charge in [0.05, 0.1) is 25.7 Å². The van der Waals surface area contributed by atoms with E-state index in [-0.39, 0.29) is 24.5 Å². The molecular weight excluding hydrogens is 224 g/mol. The third-order valence-electron chi connectivity index (χ3n) is 2.27. The van der Waals surface area contributed by atoms with E-state index in [1.165, 1.54) is 0 Å². The van der Waals surface area contributed by atoms with E-state index in [2.05, 4.69) is 5.32 Å². The van der Waals surface area contributed by atoms with Gasteiger partial charge < -0.3 is 19.7 Å². The van der Waals surface area contributed by atoms with E-state index in [4.69, 9.17) is 9.47 Å². The molecule has 0 aromatic carbocycles. The Bertz CT molecular complexity index is 262. The second-order valence-electron chi connectivity index (χ2n) is 4.12. The Morgan fingerprint density at radius 1 is 1.35 bits per heavy atom. The number of carbonyl (C=O) groups is 2. The molecule has 0 aromatic rings. The molecule has 0 bridgehead atoms. The summed E-state index contributed by atoms with van der Waals surface area (Å²) in [6, 6.07) is -0.148. The van der Waals surface area contributed by atoms with Crippen molar-refractivity contribution in [2.75, 3.05) is 32.8 Å². The number of rotatable bonds is 4. The van der Waals surface area contributed by atoms with Gasteiger partial charge in [-0.15, -0.1) is 0 Å². The molecule has 1 fully saturated rings. The van der Waals surface area contributed by atoms with E-state index in [1.807, 2.05) is 0 Å². The Hall–Kier alpha value is -1.30. The molecule has 17 heavy (non-hydrogen) atoms. The van der Waals surface area contributed by atoms with Crippen LogP contribution in [0.5, 0.6) is 0 Å². The summed E-state index contributed by atoms with van der Waals surface area (Å²) in [6.45, 7) is 6.24. The third-order valence-corrected chi connectivity index (χ3v) is 2.27. The van der Waals surface area contributed by atoms with E-state index < -0.39 is 0 Å². The zero-order chi connectivity index (χ0) is 12.7. The van der Waals surface area contributed by atoms with Crippen molar-refractivity contribution in [3.8, 4) is 0 Å². The van der Waals surface area contributed by atoms with E-state index in [0.29, 0.717) is 32.8 Å². The Kier molecular flexibility index (Phi) is 5.76. The highest BCUT2D eigenvalue weighted by atomic mass is 16.5. The van der Waals surface area contributed by atoms with Crippen molar-refractivity contribution in [2.45, 2.75) is 26.4 Å². The Morgan fingerprint density at radius 2 is 2.00 bits per heavy atom. The molecule has 0 aromatic heterocycles. The fraction of sp³-hybridized carbons (Fsp3) is 0.818. The monoisotopic (exact) mass is 244 g/mol. The molecule has 6 nitrogen and oxygen atoms in total. The summed E-state index contributed by atoms with van der Waals surface area (Å²) in [4.78, 5) is 24.5. The average Bonchev–Trinajstić information content (AvgIpc) is 2.29. The number of urea groups is 1. The van der Waals surface area contributed by atoms with Crippen molar-refractivity contribution in [2.24, 2.45) is 0 Å². The summed E-state index contributed by atoms with van der Waals surface area (Å²) in [5.74, 6) is -0.290. The maximum absolute atomic E-state index is 11.6. The predicted octanol–water partition coefficient (Wildman–Crippen LogP) is 0.370. The molecule has 1 aliphatic heterocycles. The maximum atomic E-state index is 11.6. The Morgan fingerprint density at radius 3 is 2.59 bits per heavy atom. The van der Waals surface area contributed by atoms with Crippen molar-refractivity contribution in [1.29, 1.82) is 0 Å². The van der Waals surface area contributed by atoms with Crippen LogP contribution in [0.3, 0.4) is 0 Å². The first-order valence-corrected chi connectivity index (χ1v) is 5.89. The standard InChI is InChI=1S/C11H20N2O4/c1-9(2)17-10(14)3-4-12-11(15)13-5-7-16-8-6-13/h9H,3-8H2,1-2H3,(H,12,15). The summed E-state index contributed by atoms with van der Waals surface area (Å²) >= 11 is 0. The van der Waals surface area contributed by atoms with Crippen LogP contribution in [0, 0.1) is 0 Å². The Labute approximate surface area is 101 Å². The summed E-state index contributed by atoms with van der Waals surface area (Å²) < 4.78 is 10.1. The number of hydrogen-bond donors (Lipinski definition) is 1. The fourth-order valence-corrected chi connectivity index (χ4v) is 1.47. The molecule has 0 aliphatic carbocycles. The Balaban J connectivity index is 2.13. The molecule has 0 spiro atoms. The van der Waals surface area contributed by atoms with Gasteiger partial charge in [0, 0.05) is 19.6 Å². The highest BCUT2D eigenvalue weighted by Gasteiger charge is 2.16. The lowest BCUT2D eigenvalue weighted by atomic mass is 10.4. The van der Waals surface area contributed by atoms with Crippen LogP contribution in [-0.2, 0) is 14.3 Å². The third kappa shape index (κ3) is 5.53. The molecule has 1 N–H and O–H groups in total. The minimum atomic E-state index is -0.290. The van der Waals surface area contributed by atoms with Gasteiger partial charge in [0.1, 0.15) is 0 Å². The molecule has 6 heteroatoms. The van der Waals surface area contributed by atoms with E-state index in [1.54, 1.807) is 18.7 Å². The molecule has 98 valence electrons. The first-order chi connectivity index (χ1) is 8.09. The maximum Gasteiger partial charge on any atom is 0.317 e. The van der Waals surface area contributed by atoms with Crippen LogP contribution in [-0.4, -0.2) is 55.9 Å². The second kappa shape index (κ2) is 7.11. The number of nitrogens with zero attached hydrogens (tertiary/aromatic N) is 1. The number of hydrogen-bond acceptors (Lipinski definition) is 4. The van der Waals surface area contributed by atoms with Crippen LogP contribution in [0.2, 0.25) is 0 Å². The highest BCUT2D eigenvalue weighted by molar-refractivity contribution is 5.75. The smallest absolute Gasteiger partial charge is 0.317 e. The molecule has 1 aliphatic rings. The van der Waals surface area contributed by atoms with Crippen molar-refractivity contribution >= 4 is 12.0 Å². The largest absolute Gasteiger partial charge is 0.463 e.